The van der Waals surface area contributed by atoms with Gasteiger partial charge in [-0.25, -0.2) is 0 Å². The van der Waals surface area contributed by atoms with Crippen molar-refractivity contribution in [2.24, 2.45) is 0 Å². The molecule has 75 valence electrons. The molecule has 0 aliphatic carbocycles. The Kier molecular flexibility index (Phi) is 2.70. The van der Waals surface area contributed by atoms with Gasteiger partial charge in [0.25, 0.3) is 0 Å². The van der Waals surface area contributed by atoms with Gasteiger partial charge in [0.05, 0.1) is 6.61 Å². The van der Waals surface area contributed by atoms with Crippen molar-refractivity contribution < 1.29 is 10.2 Å². The minimum atomic E-state index is 0.0144. The summed E-state index contributed by atoms with van der Waals surface area (Å²) in [5.41, 5.74) is 2.61. The molecule has 0 unspecified atom stereocenters. The van der Waals surface area contributed by atoms with Crippen molar-refractivity contribution in [3.63, 3.8) is 0 Å². The van der Waals surface area contributed by atoms with E-state index in [1.54, 1.807) is 24.3 Å². The lowest BCUT2D eigenvalue weighted by Gasteiger charge is -2.03. The first-order chi connectivity index (χ1) is 7.29. The Hall–Kier alpha value is -1.80. The van der Waals surface area contributed by atoms with E-state index >= 15 is 0 Å². The van der Waals surface area contributed by atoms with Crippen LogP contribution < -0.4 is 0 Å². The molecule has 0 aromatic heterocycles. The summed E-state index contributed by atoms with van der Waals surface area (Å²) in [6.45, 7) is 0.0144. The summed E-state index contributed by atoms with van der Waals surface area (Å²) in [6, 6.07) is 15.5. The number of hydrogen-bond donors (Lipinski definition) is 2. The van der Waals surface area contributed by atoms with Crippen molar-refractivity contribution in [1.29, 1.82) is 0 Å². The number of aromatic hydroxyl groups is 1. The first-order valence-corrected chi connectivity index (χ1v) is 4.70. The number of aliphatic hydroxyl groups excluding tert-OH is 1. The molecule has 2 aromatic carbocycles. The highest BCUT2D eigenvalue weighted by Gasteiger charge is 1.99. The zero-order chi connectivity index (χ0) is 10.7. The summed E-state index contributed by atoms with van der Waals surface area (Å²) in [4.78, 5) is 0. The molecular weight excluding hydrogens is 188 g/mol. The van der Waals surface area contributed by atoms with Gasteiger partial charge in [-0.2, -0.15) is 0 Å². The summed E-state index contributed by atoms with van der Waals surface area (Å²) in [5.74, 6) is 0.232. The van der Waals surface area contributed by atoms with Crippen molar-refractivity contribution >= 4 is 0 Å². The monoisotopic (exact) mass is 199 g/mol. The normalized spacial score (nSPS) is 10.2. The molecule has 0 heterocycles. The highest BCUT2D eigenvalue weighted by atomic mass is 16.3. The van der Waals surface area contributed by atoms with Gasteiger partial charge < -0.3 is 10.2 Å². The van der Waals surface area contributed by atoms with Gasteiger partial charge in [0, 0.05) is 0 Å². The Morgan fingerprint density at radius 3 is 2.73 bits per heavy atom. The fraction of sp³-hybridized carbons (Fsp3) is 0.0769. The summed E-state index contributed by atoms with van der Waals surface area (Å²) < 4.78 is 0. The van der Waals surface area contributed by atoms with E-state index in [0.29, 0.717) is 0 Å². The summed E-state index contributed by atoms with van der Waals surface area (Å²) in [7, 11) is 0. The molecular formula is C13H11O2. The molecule has 0 atom stereocenters. The van der Waals surface area contributed by atoms with Gasteiger partial charge in [0.2, 0.25) is 0 Å². The van der Waals surface area contributed by atoms with Gasteiger partial charge >= 0.3 is 0 Å². The third kappa shape index (κ3) is 2.17. The molecule has 0 spiro atoms. The standard InChI is InChI=1S/C13H11O2/c14-9-10-3-1-4-11(7-10)12-5-2-6-13(15)8-12/h1-3,5-8,14-15H,9H2. The average Bonchev–Trinajstić information content (AvgIpc) is 2.29. The average molecular weight is 199 g/mol. The lowest BCUT2D eigenvalue weighted by Crippen LogP contribution is -1.84. The number of phenols is 1. The van der Waals surface area contributed by atoms with Gasteiger partial charge in [-0.15, -0.1) is 0 Å². The van der Waals surface area contributed by atoms with E-state index < -0.39 is 0 Å². The molecule has 2 heteroatoms. The van der Waals surface area contributed by atoms with Crippen LogP contribution in [0.15, 0.2) is 42.5 Å². The van der Waals surface area contributed by atoms with Crippen molar-refractivity contribution in [2.45, 2.75) is 6.61 Å². The second-order valence-corrected chi connectivity index (χ2v) is 3.32. The quantitative estimate of drug-likeness (QED) is 0.779. The Labute approximate surface area is 88.4 Å². The molecule has 2 aromatic rings. The number of benzene rings is 2. The van der Waals surface area contributed by atoms with E-state index in [1.807, 2.05) is 18.2 Å². The number of hydrogen-bond acceptors (Lipinski definition) is 2. The molecule has 1 radical (unpaired) electrons. The van der Waals surface area contributed by atoms with E-state index in [2.05, 4.69) is 6.07 Å². The van der Waals surface area contributed by atoms with Crippen LogP contribution in [0.1, 0.15) is 5.56 Å². The number of aliphatic hydroxyl groups is 1. The maximum absolute atomic E-state index is 9.34. The molecule has 0 amide bonds. The molecule has 0 bridgehead atoms. The largest absolute Gasteiger partial charge is 0.508 e. The Morgan fingerprint density at radius 2 is 2.00 bits per heavy atom. The van der Waals surface area contributed by atoms with Crippen molar-refractivity contribution in [1.82, 2.24) is 0 Å². The molecule has 2 rings (SSSR count). The fourth-order valence-corrected chi connectivity index (χ4v) is 1.45. The third-order valence-corrected chi connectivity index (χ3v) is 2.21. The van der Waals surface area contributed by atoms with E-state index in [-0.39, 0.29) is 12.4 Å². The highest BCUT2D eigenvalue weighted by Crippen LogP contribution is 2.23. The second kappa shape index (κ2) is 4.15. The van der Waals surface area contributed by atoms with Crippen LogP contribution in [-0.4, -0.2) is 10.2 Å². The zero-order valence-electron chi connectivity index (χ0n) is 8.14. The van der Waals surface area contributed by atoms with Crippen LogP contribution in [0.2, 0.25) is 0 Å². The Balaban J connectivity index is 2.44. The maximum atomic E-state index is 9.34. The number of phenolic OH excluding ortho intramolecular Hbond substituents is 1. The van der Waals surface area contributed by atoms with Gasteiger partial charge in [-0.3, -0.25) is 0 Å². The number of rotatable bonds is 2. The molecule has 0 saturated heterocycles. The summed E-state index contributed by atoms with van der Waals surface area (Å²) >= 11 is 0. The predicted molar refractivity (Wildman–Crippen MR) is 58.3 cm³/mol. The SMILES string of the molecule is OCc1cc[c]c(-c2cccc(O)c2)c1. The van der Waals surface area contributed by atoms with Crippen molar-refractivity contribution in [3.8, 4) is 16.9 Å². The Bertz CT molecular complexity index is 464. The van der Waals surface area contributed by atoms with Gasteiger partial charge in [0.1, 0.15) is 5.75 Å². The van der Waals surface area contributed by atoms with Crippen LogP contribution >= 0.6 is 0 Å². The minimum absolute atomic E-state index is 0.0144. The van der Waals surface area contributed by atoms with Gasteiger partial charge in [-0.1, -0.05) is 24.3 Å². The molecule has 15 heavy (non-hydrogen) atoms. The van der Waals surface area contributed by atoms with Crippen molar-refractivity contribution in [3.05, 3.63) is 54.1 Å². The van der Waals surface area contributed by atoms with Crippen LogP contribution in [-0.2, 0) is 6.61 Å². The molecule has 0 aliphatic heterocycles. The fourth-order valence-electron chi connectivity index (χ4n) is 1.45. The maximum Gasteiger partial charge on any atom is 0.116 e. The van der Waals surface area contributed by atoms with E-state index in [9.17, 15) is 5.11 Å². The van der Waals surface area contributed by atoms with Gasteiger partial charge in [-0.05, 0) is 41.0 Å². The van der Waals surface area contributed by atoms with Crippen molar-refractivity contribution in [2.75, 3.05) is 0 Å². The lowest BCUT2D eigenvalue weighted by molar-refractivity contribution is 0.282. The van der Waals surface area contributed by atoms with E-state index in [4.69, 9.17) is 5.11 Å². The van der Waals surface area contributed by atoms with Crippen LogP contribution in [0.25, 0.3) is 11.1 Å². The van der Waals surface area contributed by atoms with Crippen LogP contribution in [0, 0.1) is 6.07 Å². The molecule has 2 N–H and O–H groups in total. The molecule has 2 nitrogen and oxygen atoms in total. The second-order valence-electron chi connectivity index (χ2n) is 3.32. The Morgan fingerprint density at radius 1 is 1.13 bits per heavy atom. The highest BCUT2D eigenvalue weighted by molar-refractivity contribution is 5.64. The smallest absolute Gasteiger partial charge is 0.116 e. The zero-order valence-corrected chi connectivity index (χ0v) is 8.14. The van der Waals surface area contributed by atoms with E-state index in [0.717, 1.165) is 16.7 Å². The first-order valence-electron chi connectivity index (χ1n) is 4.70. The topological polar surface area (TPSA) is 40.5 Å². The van der Waals surface area contributed by atoms with Crippen LogP contribution in [0.4, 0.5) is 0 Å². The molecule has 0 aliphatic rings. The van der Waals surface area contributed by atoms with Gasteiger partial charge in [0.15, 0.2) is 0 Å². The minimum Gasteiger partial charge on any atom is -0.508 e. The molecule has 0 fully saturated rings. The lowest BCUT2D eigenvalue weighted by atomic mass is 10.0. The van der Waals surface area contributed by atoms with E-state index in [1.165, 1.54) is 0 Å². The summed E-state index contributed by atoms with van der Waals surface area (Å²) in [5, 5.41) is 18.3. The van der Waals surface area contributed by atoms with Crippen LogP contribution in [0.5, 0.6) is 5.75 Å². The van der Waals surface area contributed by atoms with Crippen LogP contribution in [0.3, 0.4) is 0 Å². The predicted octanol–water partition coefficient (Wildman–Crippen LogP) is 2.35. The molecule has 0 saturated carbocycles. The third-order valence-electron chi connectivity index (χ3n) is 2.21. The first kappa shape index (κ1) is 9.74. The summed E-state index contributed by atoms with van der Waals surface area (Å²) in [6.07, 6.45) is 0.